The molecule has 1 saturated heterocycles. The van der Waals surface area contributed by atoms with E-state index in [-0.39, 0.29) is 44.9 Å². The summed E-state index contributed by atoms with van der Waals surface area (Å²) < 4.78 is 45.7. The van der Waals surface area contributed by atoms with Gasteiger partial charge in [0.2, 0.25) is 11.8 Å². The van der Waals surface area contributed by atoms with Crippen LogP contribution in [0, 0.1) is 16.7 Å². The van der Waals surface area contributed by atoms with Crippen molar-refractivity contribution in [1.29, 1.82) is 0 Å². The molecule has 4 rings (SSSR count). The monoisotopic (exact) mass is 593 g/mol. The lowest BCUT2D eigenvalue weighted by Crippen LogP contribution is -2.59. The van der Waals surface area contributed by atoms with Crippen LogP contribution in [-0.2, 0) is 32.1 Å². The number of halogens is 4. The quantitative estimate of drug-likeness (QED) is 0.452. The Hall–Kier alpha value is -3.51. The molecule has 13 heteroatoms. The summed E-state index contributed by atoms with van der Waals surface area (Å²) in [4.78, 5) is 45.7. The van der Waals surface area contributed by atoms with Crippen LogP contribution in [0.15, 0.2) is 53.8 Å². The number of primary amides is 1. The van der Waals surface area contributed by atoms with Gasteiger partial charge in [0, 0.05) is 42.8 Å². The number of hydrogen-bond donors (Lipinski definition) is 1. The van der Waals surface area contributed by atoms with Crippen molar-refractivity contribution in [1.82, 2.24) is 14.9 Å². The molecule has 0 saturated carbocycles. The normalized spacial score (nSPS) is 20.0. The molecule has 2 aliphatic heterocycles. The van der Waals surface area contributed by atoms with Gasteiger partial charge >= 0.3 is 6.18 Å². The number of aromatic nitrogens is 1. The number of nitrogens with two attached hydrogens (primary N) is 1. The molecule has 2 aromatic rings. The molecule has 2 N–H and O–H groups in total. The third kappa shape index (κ3) is 6.70. The zero-order valence-electron chi connectivity index (χ0n) is 22.7. The predicted molar refractivity (Wildman–Crippen MR) is 144 cm³/mol. The van der Waals surface area contributed by atoms with Crippen molar-refractivity contribution in [3.05, 3.63) is 64.9 Å². The maximum atomic E-state index is 14.0. The van der Waals surface area contributed by atoms with Crippen LogP contribution in [-0.4, -0.2) is 70.7 Å². The first-order valence-corrected chi connectivity index (χ1v) is 13.4. The Bertz CT molecular complexity index is 1340. The number of carbonyl (C=O) groups is 3. The number of ether oxygens (including phenoxy) is 1. The van der Waals surface area contributed by atoms with Crippen molar-refractivity contribution < 1.29 is 32.3 Å². The topological polar surface area (TPSA) is 118 Å². The first-order valence-electron chi connectivity index (χ1n) is 13.0. The van der Waals surface area contributed by atoms with E-state index in [9.17, 15) is 27.6 Å². The number of carbonyl (C=O) groups excluding carboxylic acids is 3. The minimum Gasteiger partial charge on any atom is -0.376 e. The minimum atomic E-state index is -4.66. The van der Waals surface area contributed by atoms with Gasteiger partial charge in [-0.05, 0) is 29.8 Å². The highest BCUT2D eigenvalue weighted by molar-refractivity contribution is 6.30. The van der Waals surface area contributed by atoms with E-state index in [0.29, 0.717) is 15.7 Å². The van der Waals surface area contributed by atoms with Gasteiger partial charge < -0.3 is 15.4 Å². The van der Waals surface area contributed by atoms with Crippen molar-refractivity contribution in [3.63, 3.8) is 0 Å². The van der Waals surface area contributed by atoms with E-state index in [1.807, 2.05) is 0 Å². The van der Waals surface area contributed by atoms with E-state index in [2.05, 4.69) is 10.1 Å². The number of hydrogen-bond acceptors (Lipinski definition) is 6. The second-order valence-corrected chi connectivity index (χ2v) is 11.3. The third-order valence-electron chi connectivity index (χ3n) is 7.61. The Morgan fingerprint density at radius 1 is 1.20 bits per heavy atom. The molecule has 0 radical (unpaired) electrons. The molecular weight excluding hydrogens is 563 g/mol. The fourth-order valence-corrected chi connectivity index (χ4v) is 5.38. The fourth-order valence-electron chi connectivity index (χ4n) is 5.16. The van der Waals surface area contributed by atoms with Crippen molar-refractivity contribution in [3.8, 4) is 0 Å². The highest BCUT2D eigenvalue weighted by Gasteiger charge is 2.57. The van der Waals surface area contributed by atoms with Crippen LogP contribution in [0.4, 0.5) is 13.2 Å². The molecular formula is C28H31ClF3N5O4. The Morgan fingerprint density at radius 3 is 2.59 bits per heavy atom. The minimum absolute atomic E-state index is 0.0429. The molecule has 3 heterocycles. The van der Waals surface area contributed by atoms with E-state index >= 15 is 0 Å². The van der Waals surface area contributed by atoms with Crippen LogP contribution in [0.25, 0.3) is 0 Å². The van der Waals surface area contributed by atoms with Crippen LogP contribution < -0.4 is 5.73 Å². The number of amides is 3. The number of fused-ring (bicyclic) bond motifs is 1. The molecule has 41 heavy (non-hydrogen) atoms. The standard InChI is InChI=1S/C28H31ClF3N5O4/c1-26(2,24(33)39)21(15-41-14-18-6-5-7-19(29)12-18)23(38)36-11-9-22-27(16-36,13-20-8-3-4-10-34-20)25(40)37(35-22)17-28(30,31)32/h3-8,10,12,21H,9,11,13-17H2,1-2H3,(H2,33,39)/t21-,27+/m1/s1. The average molecular weight is 594 g/mol. The van der Waals surface area contributed by atoms with Crippen LogP contribution in [0.2, 0.25) is 5.02 Å². The van der Waals surface area contributed by atoms with Gasteiger partial charge in [0.15, 0.2) is 0 Å². The summed E-state index contributed by atoms with van der Waals surface area (Å²) in [7, 11) is 0. The van der Waals surface area contributed by atoms with E-state index < -0.39 is 47.2 Å². The third-order valence-corrected chi connectivity index (χ3v) is 7.85. The van der Waals surface area contributed by atoms with Gasteiger partial charge in [-0.3, -0.25) is 19.4 Å². The summed E-state index contributed by atoms with van der Waals surface area (Å²) in [6.07, 6.45) is -3.11. The molecule has 1 fully saturated rings. The van der Waals surface area contributed by atoms with Crippen molar-refractivity contribution in [2.24, 2.45) is 27.6 Å². The molecule has 1 aromatic carbocycles. The molecule has 0 bridgehead atoms. The fraction of sp³-hybridized carbons (Fsp3) is 0.464. The summed E-state index contributed by atoms with van der Waals surface area (Å²) >= 11 is 6.04. The van der Waals surface area contributed by atoms with E-state index in [0.717, 1.165) is 5.56 Å². The smallest absolute Gasteiger partial charge is 0.376 e. The number of likely N-dealkylation sites (tertiary alicyclic amines) is 1. The van der Waals surface area contributed by atoms with E-state index in [4.69, 9.17) is 22.1 Å². The molecule has 0 aliphatic carbocycles. The number of pyridine rings is 1. The molecule has 0 spiro atoms. The Kier molecular flexibility index (Phi) is 8.74. The van der Waals surface area contributed by atoms with Crippen molar-refractivity contribution in [2.75, 3.05) is 26.2 Å². The van der Waals surface area contributed by atoms with Crippen molar-refractivity contribution >= 4 is 35.0 Å². The Labute approximate surface area is 240 Å². The number of hydrazone groups is 1. The SMILES string of the molecule is CC(C)(C(N)=O)[C@H](COCc1cccc(Cl)c1)C(=O)N1CCC2=NN(CC(F)(F)F)C(=O)[C@@]2(Cc2ccccn2)C1. The van der Waals surface area contributed by atoms with Crippen molar-refractivity contribution in [2.45, 2.75) is 39.5 Å². The number of alkyl halides is 3. The molecule has 0 unspecified atom stereocenters. The molecule has 2 aliphatic rings. The number of piperidine rings is 1. The highest BCUT2D eigenvalue weighted by Crippen LogP contribution is 2.41. The predicted octanol–water partition coefficient (Wildman–Crippen LogP) is 3.60. The maximum Gasteiger partial charge on any atom is 0.408 e. The molecule has 220 valence electrons. The second-order valence-electron chi connectivity index (χ2n) is 10.9. The zero-order valence-corrected chi connectivity index (χ0v) is 23.4. The lowest BCUT2D eigenvalue weighted by atomic mass is 9.72. The Balaban J connectivity index is 1.61. The van der Waals surface area contributed by atoms with Crippen LogP contribution in [0.5, 0.6) is 0 Å². The van der Waals surface area contributed by atoms with Crippen LogP contribution in [0.3, 0.4) is 0 Å². The number of rotatable bonds is 10. The van der Waals surface area contributed by atoms with E-state index in [1.165, 1.54) is 24.9 Å². The van der Waals surface area contributed by atoms with Gasteiger partial charge in [-0.25, -0.2) is 5.01 Å². The van der Waals surface area contributed by atoms with Gasteiger partial charge in [0.05, 0.1) is 30.3 Å². The Morgan fingerprint density at radius 2 is 1.95 bits per heavy atom. The molecule has 2 atom stereocenters. The van der Waals surface area contributed by atoms with E-state index in [1.54, 1.807) is 42.5 Å². The largest absolute Gasteiger partial charge is 0.408 e. The summed E-state index contributed by atoms with van der Waals surface area (Å²) in [5.74, 6) is -3.11. The maximum absolute atomic E-state index is 14.0. The summed E-state index contributed by atoms with van der Waals surface area (Å²) in [6, 6.07) is 12.0. The summed E-state index contributed by atoms with van der Waals surface area (Å²) in [5, 5.41) is 5.01. The van der Waals surface area contributed by atoms with Gasteiger partial charge in [0.25, 0.3) is 5.91 Å². The van der Waals surface area contributed by atoms with Gasteiger partial charge in [0.1, 0.15) is 12.0 Å². The summed E-state index contributed by atoms with van der Waals surface area (Å²) in [6.45, 7) is 1.34. The zero-order chi connectivity index (χ0) is 30.0. The summed E-state index contributed by atoms with van der Waals surface area (Å²) in [5.41, 5.74) is 4.30. The van der Waals surface area contributed by atoms with Gasteiger partial charge in [-0.2, -0.15) is 18.3 Å². The lowest BCUT2D eigenvalue weighted by molar-refractivity contribution is -0.164. The number of benzene rings is 1. The first-order chi connectivity index (χ1) is 19.2. The lowest BCUT2D eigenvalue weighted by Gasteiger charge is -2.42. The van der Waals surface area contributed by atoms with Gasteiger partial charge in [-0.1, -0.05) is 43.6 Å². The number of nitrogens with zero attached hydrogens (tertiary/aromatic N) is 4. The molecule has 3 amide bonds. The van der Waals surface area contributed by atoms with Crippen LogP contribution in [0.1, 0.15) is 31.5 Å². The molecule has 9 nitrogen and oxygen atoms in total. The van der Waals surface area contributed by atoms with Crippen LogP contribution >= 0.6 is 11.6 Å². The molecule has 1 aromatic heterocycles. The average Bonchev–Trinajstić information content (AvgIpc) is 3.15. The second kappa shape index (κ2) is 11.8. The highest BCUT2D eigenvalue weighted by atomic mass is 35.5. The van der Waals surface area contributed by atoms with Gasteiger partial charge in [-0.15, -0.1) is 0 Å². The first kappa shape index (κ1) is 30.4.